The molecule has 2 aromatic heterocycles. The van der Waals surface area contributed by atoms with E-state index in [1.807, 2.05) is 12.1 Å². The topological polar surface area (TPSA) is 99.6 Å². The van der Waals surface area contributed by atoms with Gasteiger partial charge >= 0.3 is 5.97 Å². The Labute approximate surface area is 187 Å². The number of pyridine rings is 1. The molecule has 1 amide bonds. The van der Waals surface area contributed by atoms with E-state index in [1.165, 1.54) is 25.4 Å². The summed E-state index contributed by atoms with van der Waals surface area (Å²) in [4.78, 5) is 32.6. The molecular weight excluding hydrogens is 438 g/mol. The Balaban J connectivity index is 1.36. The molecule has 1 aliphatic heterocycles. The monoisotopic (exact) mass is 459 g/mol. The van der Waals surface area contributed by atoms with Gasteiger partial charge in [0.05, 0.1) is 36.1 Å². The number of carbonyl (C=O) groups excluding carboxylic acids is 2. The van der Waals surface area contributed by atoms with E-state index in [0.717, 1.165) is 46.4 Å². The van der Waals surface area contributed by atoms with Gasteiger partial charge in [-0.05, 0) is 36.8 Å². The van der Waals surface area contributed by atoms with Crippen LogP contribution in [0, 0.1) is 0 Å². The summed E-state index contributed by atoms with van der Waals surface area (Å²) in [6.07, 6.45) is 2.98. The van der Waals surface area contributed by atoms with E-state index in [1.54, 1.807) is 29.2 Å². The van der Waals surface area contributed by atoms with E-state index in [0.29, 0.717) is 5.69 Å². The second kappa shape index (κ2) is 10.2. The van der Waals surface area contributed by atoms with Crippen molar-refractivity contribution >= 4 is 50.9 Å². The van der Waals surface area contributed by atoms with Crippen molar-refractivity contribution in [2.75, 3.05) is 31.4 Å². The number of thioether (sulfide) groups is 1. The summed E-state index contributed by atoms with van der Waals surface area (Å²) >= 11 is 3.25. The fourth-order valence-corrected chi connectivity index (χ4v) is 5.09. The number of benzene rings is 1. The number of hydrogen-bond acceptors (Lipinski definition) is 9. The van der Waals surface area contributed by atoms with Crippen molar-refractivity contribution in [3.63, 3.8) is 0 Å². The van der Waals surface area contributed by atoms with Crippen LogP contribution >= 0.6 is 23.1 Å². The number of hydrogen-bond donors (Lipinski definition) is 1. The van der Waals surface area contributed by atoms with Gasteiger partial charge in [0.25, 0.3) is 5.91 Å². The molecule has 8 nitrogen and oxygen atoms in total. The zero-order chi connectivity index (χ0) is 21.6. The SMILES string of the molecule is COC(=O)c1ccc(C(=O)Nc2ccc3nc(SCCC4OCCCO4)sc3c2)nc1. The van der Waals surface area contributed by atoms with Gasteiger partial charge in [-0.15, -0.1) is 11.3 Å². The van der Waals surface area contributed by atoms with Crippen molar-refractivity contribution in [3.05, 3.63) is 47.8 Å². The lowest BCUT2D eigenvalue weighted by Gasteiger charge is -2.22. The quantitative estimate of drug-likeness (QED) is 0.418. The Morgan fingerprint density at radius 2 is 2.10 bits per heavy atom. The van der Waals surface area contributed by atoms with Crippen LogP contribution < -0.4 is 5.32 Å². The van der Waals surface area contributed by atoms with Gasteiger partial charge in [0.1, 0.15) is 5.69 Å². The third-order valence-corrected chi connectivity index (χ3v) is 6.71. The number of carbonyl (C=O) groups is 2. The van der Waals surface area contributed by atoms with Crippen molar-refractivity contribution in [1.82, 2.24) is 9.97 Å². The molecule has 1 N–H and O–H groups in total. The molecule has 1 fully saturated rings. The first-order valence-electron chi connectivity index (χ1n) is 9.75. The number of esters is 1. The zero-order valence-corrected chi connectivity index (χ0v) is 18.5. The number of thiazole rings is 1. The van der Waals surface area contributed by atoms with E-state index >= 15 is 0 Å². The normalized spacial score (nSPS) is 14.5. The second-order valence-electron chi connectivity index (χ2n) is 6.70. The van der Waals surface area contributed by atoms with Gasteiger partial charge in [-0.2, -0.15) is 0 Å². The Hall–Kier alpha value is -2.53. The van der Waals surface area contributed by atoms with Crippen LogP contribution in [0.1, 0.15) is 33.7 Å². The van der Waals surface area contributed by atoms with Crippen LogP contribution in [0.25, 0.3) is 10.2 Å². The molecule has 1 aromatic carbocycles. The van der Waals surface area contributed by atoms with E-state index in [4.69, 9.17) is 9.47 Å². The average Bonchev–Trinajstić information content (AvgIpc) is 3.21. The molecule has 31 heavy (non-hydrogen) atoms. The second-order valence-corrected chi connectivity index (χ2v) is 9.07. The highest BCUT2D eigenvalue weighted by atomic mass is 32.2. The molecule has 10 heteroatoms. The smallest absolute Gasteiger partial charge is 0.339 e. The van der Waals surface area contributed by atoms with Crippen LogP contribution in [0.5, 0.6) is 0 Å². The number of amides is 1. The van der Waals surface area contributed by atoms with Crippen LogP contribution in [-0.4, -0.2) is 54.2 Å². The highest BCUT2D eigenvalue weighted by molar-refractivity contribution is 8.01. The maximum absolute atomic E-state index is 12.5. The summed E-state index contributed by atoms with van der Waals surface area (Å²) in [5.41, 5.74) is 2.04. The molecule has 0 atom stereocenters. The van der Waals surface area contributed by atoms with Gasteiger partial charge in [0, 0.05) is 24.1 Å². The summed E-state index contributed by atoms with van der Waals surface area (Å²) in [7, 11) is 1.29. The van der Waals surface area contributed by atoms with Crippen molar-refractivity contribution in [2.24, 2.45) is 0 Å². The average molecular weight is 460 g/mol. The fourth-order valence-electron chi connectivity index (χ4n) is 2.95. The van der Waals surface area contributed by atoms with Gasteiger partial charge in [0.15, 0.2) is 10.6 Å². The van der Waals surface area contributed by atoms with E-state index in [2.05, 4.69) is 20.0 Å². The first-order chi connectivity index (χ1) is 15.1. The van der Waals surface area contributed by atoms with Crippen molar-refractivity contribution in [2.45, 2.75) is 23.5 Å². The molecular formula is C21H21N3O5S2. The summed E-state index contributed by atoms with van der Waals surface area (Å²) < 4.78 is 17.7. The first kappa shape index (κ1) is 21.7. The molecule has 3 aromatic rings. The first-order valence-corrected chi connectivity index (χ1v) is 11.5. The summed E-state index contributed by atoms with van der Waals surface area (Å²) in [5, 5.41) is 2.83. The lowest BCUT2D eigenvalue weighted by Crippen LogP contribution is -2.25. The van der Waals surface area contributed by atoms with Gasteiger partial charge in [-0.3, -0.25) is 9.78 Å². The number of nitrogens with one attached hydrogen (secondary N) is 1. The third-order valence-electron chi connectivity index (χ3n) is 4.52. The lowest BCUT2D eigenvalue weighted by atomic mass is 10.2. The highest BCUT2D eigenvalue weighted by Gasteiger charge is 2.15. The lowest BCUT2D eigenvalue weighted by molar-refractivity contribution is -0.178. The summed E-state index contributed by atoms with van der Waals surface area (Å²) in [6, 6.07) is 8.58. The predicted octanol–water partition coefficient (Wildman–Crippen LogP) is 3.98. The number of methoxy groups -OCH3 is 1. The van der Waals surface area contributed by atoms with E-state index in [9.17, 15) is 9.59 Å². The zero-order valence-electron chi connectivity index (χ0n) is 16.8. The maximum Gasteiger partial charge on any atom is 0.339 e. The highest BCUT2D eigenvalue weighted by Crippen LogP contribution is 2.32. The molecule has 0 saturated carbocycles. The number of nitrogens with zero attached hydrogens (tertiary/aromatic N) is 2. The number of anilines is 1. The van der Waals surface area contributed by atoms with Crippen LogP contribution in [0.3, 0.4) is 0 Å². The Morgan fingerprint density at radius 1 is 1.26 bits per heavy atom. The van der Waals surface area contributed by atoms with E-state index < -0.39 is 5.97 Å². The van der Waals surface area contributed by atoms with Gasteiger partial charge in [0.2, 0.25) is 0 Å². The Bertz CT molecular complexity index is 1060. The minimum absolute atomic E-state index is 0.118. The number of fused-ring (bicyclic) bond motifs is 1. The van der Waals surface area contributed by atoms with Crippen molar-refractivity contribution < 1.29 is 23.8 Å². The molecule has 4 rings (SSSR count). The maximum atomic E-state index is 12.5. The van der Waals surface area contributed by atoms with Crippen molar-refractivity contribution in [1.29, 1.82) is 0 Å². The fraction of sp³-hybridized carbons (Fsp3) is 0.333. The van der Waals surface area contributed by atoms with Crippen LogP contribution in [0.15, 0.2) is 40.9 Å². The minimum atomic E-state index is -0.498. The minimum Gasteiger partial charge on any atom is -0.465 e. The molecule has 0 spiro atoms. The molecule has 1 aliphatic rings. The van der Waals surface area contributed by atoms with Gasteiger partial charge in [-0.1, -0.05) is 11.8 Å². The Morgan fingerprint density at radius 3 is 2.84 bits per heavy atom. The predicted molar refractivity (Wildman–Crippen MR) is 119 cm³/mol. The largest absolute Gasteiger partial charge is 0.465 e. The molecule has 1 saturated heterocycles. The molecule has 0 bridgehead atoms. The van der Waals surface area contributed by atoms with Crippen LogP contribution in [-0.2, 0) is 14.2 Å². The number of ether oxygens (including phenoxy) is 3. The third kappa shape index (κ3) is 5.59. The molecule has 162 valence electrons. The van der Waals surface area contributed by atoms with Gasteiger partial charge in [-0.25, -0.2) is 9.78 Å². The Kier molecular flexibility index (Phi) is 7.13. The summed E-state index contributed by atoms with van der Waals surface area (Å²) in [5.74, 6) is 0.00588. The molecule has 0 unspecified atom stereocenters. The molecule has 3 heterocycles. The summed E-state index contributed by atoms with van der Waals surface area (Å²) in [6.45, 7) is 1.52. The molecule has 0 aliphatic carbocycles. The number of aromatic nitrogens is 2. The van der Waals surface area contributed by atoms with Gasteiger partial charge < -0.3 is 19.5 Å². The molecule has 0 radical (unpaired) electrons. The van der Waals surface area contributed by atoms with Crippen molar-refractivity contribution in [3.8, 4) is 0 Å². The van der Waals surface area contributed by atoms with Crippen LogP contribution in [0.4, 0.5) is 5.69 Å². The standard InChI is InChI=1S/C21H21N3O5S2/c1-27-20(26)13-3-5-16(22-12-13)19(25)23-14-4-6-15-17(11-14)31-21(24-15)30-10-7-18-28-8-2-9-29-18/h3-6,11-12,18H,2,7-10H2,1H3,(H,23,25). The van der Waals surface area contributed by atoms with Crippen LogP contribution in [0.2, 0.25) is 0 Å². The van der Waals surface area contributed by atoms with E-state index in [-0.39, 0.29) is 23.5 Å². The number of rotatable bonds is 7.